The lowest BCUT2D eigenvalue weighted by molar-refractivity contribution is -0.0704. The topological polar surface area (TPSA) is 58.1 Å². The number of hydrogen-bond acceptors (Lipinski definition) is 4. The Morgan fingerprint density at radius 2 is 1.80 bits per heavy atom. The van der Waals surface area contributed by atoms with E-state index < -0.39 is 0 Å². The summed E-state index contributed by atoms with van der Waals surface area (Å²) < 4.78 is 10.8. The SMILES string of the molecule is CN=C(NCCOC)NCc1ccc(CN2CC(C)OC(C)C2)cc1. The molecule has 140 valence electrons. The summed E-state index contributed by atoms with van der Waals surface area (Å²) in [6, 6.07) is 8.78. The van der Waals surface area contributed by atoms with Gasteiger partial charge < -0.3 is 20.1 Å². The first kappa shape index (κ1) is 19.7. The summed E-state index contributed by atoms with van der Waals surface area (Å²) in [5, 5.41) is 6.52. The molecule has 2 rings (SSSR count). The molecule has 6 heteroatoms. The molecule has 0 bridgehead atoms. The smallest absolute Gasteiger partial charge is 0.191 e. The molecule has 1 aliphatic rings. The fourth-order valence-electron chi connectivity index (χ4n) is 3.11. The van der Waals surface area contributed by atoms with Crippen LogP contribution < -0.4 is 10.6 Å². The summed E-state index contributed by atoms with van der Waals surface area (Å²) >= 11 is 0. The maximum atomic E-state index is 5.80. The van der Waals surface area contributed by atoms with Gasteiger partial charge in [-0.25, -0.2) is 0 Å². The van der Waals surface area contributed by atoms with E-state index in [0.29, 0.717) is 18.8 Å². The van der Waals surface area contributed by atoms with Crippen molar-refractivity contribution in [2.45, 2.75) is 39.1 Å². The van der Waals surface area contributed by atoms with Crippen LogP contribution in [0.15, 0.2) is 29.3 Å². The molecule has 0 aromatic heterocycles. The molecule has 2 atom stereocenters. The normalized spacial score (nSPS) is 22.0. The highest BCUT2D eigenvalue weighted by atomic mass is 16.5. The second-order valence-electron chi connectivity index (χ2n) is 6.61. The first-order chi connectivity index (χ1) is 12.1. The lowest BCUT2D eigenvalue weighted by Crippen LogP contribution is -2.44. The molecule has 1 heterocycles. The quantitative estimate of drug-likeness (QED) is 0.445. The molecule has 0 aliphatic carbocycles. The fourth-order valence-corrected chi connectivity index (χ4v) is 3.11. The molecule has 0 spiro atoms. The van der Waals surface area contributed by atoms with E-state index in [9.17, 15) is 0 Å². The zero-order chi connectivity index (χ0) is 18.1. The van der Waals surface area contributed by atoms with E-state index in [1.165, 1.54) is 11.1 Å². The Morgan fingerprint density at radius 1 is 1.16 bits per heavy atom. The molecule has 1 aromatic rings. The van der Waals surface area contributed by atoms with Crippen molar-refractivity contribution in [3.05, 3.63) is 35.4 Å². The van der Waals surface area contributed by atoms with Gasteiger partial charge in [-0.15, -0.1) is 0 Å². The first-order valence-electron chi connectivity index (χ1n) is 8.99. The summed E-state index contributed by atoms with van der Waals surface area (Å²) in [4.78, 5) is 6.67. The average molecular weight is 348 g/mol. The van der Waals surface area contributed by atoms with Crippen LogP contribution in [0.3, 0.4) is 0 Å². The predicted octanol–water partition coefficient (Wildman–Crippen LogP) is 1.61. The standard InChI is InChI=1S/C19H32N4O2/c1-15-12-23(13-16(2)25-15)14-18-7-5-17(6-8-18)11-22-19(20-3)21-9-10-24-4/h5-8,15-16H,9-14H2,1-4H3,(H2,20,21,22). The van der Waals surface area contributed by atoms with Gasteiger partial charge in [0.15, 0.2) is 5.96 Å². The van der Waals surface area contributed by atoms with Gasteiger partial charge in [0, 0.05) is 46.9 Å². The highest BCUT2D eigenvalue weighted by molar-refractivity contribution is 5.79. The van der Waals surface area contributed by atoms with Crippen molar-refractivity contribution < 1.29 is 9.47 Å². The Balaban J connectivity index is 1.79. The van der Waals surface area contributed by atoms with Crippen molar-refractivity contribution in [3.63, 3.8) is 0 Å². The Kier molecular flexibility index (Phi) is 8.18. The van der Waals surface area contributed by atoms with Crippen molar-refractivity contribution in [2.75, 3.05) is 40.4 Å². The number of methoxy groups -OCH3 is 1. The molecule has 1 saturated heterocycles. The third-order valence-electron chi connectivity index (χ3n) is 4.21. The van der Waals surface area contributed by atoms with Crippen molar-refractivity contribution in [2.24, 2.45) is 4.99 Å². The van der Waals surface area contributed by atoms with Crippen LogP contribution in [-0.4, -0.2) is 63.5 Å². The predicted molar refractivity (Wildman–Crippen MR) is 102 cm³/mol. The minimum absolute atomic E-state index is 0.310. The number of ether oxygens (including phenoxy) is 2. The minimum atomic E-state index is 0.310. The fraction of sp³-hybridized carbons (Fsp3) is 0.632. The molecule has 1 fully saturated rings. The minimum Gasteiger partial charge on any atom is -0.383 e. The number of hydrogen-bond donors (Lipinski definition) is 2. The van der Waals surface area contributed by atoms with Crippen LogP contribution in [-0.2, 0) is 22.6 Å². The lowest BCUT2D eigenvalue weighted by Gasteiger charge is -2.35. The van der Waals surface area contributed by atoms with E-state index in [2.05, 4.69) is 58.6 Å². The van der Waals surface area contributed by atoms with Crippen LogP contribution in [0.4, 0.5) is 0 Å². The number of rotatable bonds is 7. The number of nitrogens with zero attached hydrogens (tertiary/aromatic N) is 2. The van der Waals surface area contributed by atoms with E-state index in [0.717, 1.165) is 38.7 Å². The Morgan fingerprint density at radius 3 is 2.40 bits per heavy atom. The lowest BCUT2D eigenvalue weighted by atomic mass is 10.1. The van der Waals surface area contributed by atoms with Gasteiger partial charge in [-0.3, -0.25) is 9.89 Å². The van der Waals surface area contributed by atoms with Gasteiger partial charge in [0.2, 0.25) is 0 Å². The van der Waals surface area contributed by atoms with Crippen molar-refractivity contribution in [1.82, 2.24) is 15.5 Å². The number of morpholine rings is 1. The van der Waals surface area contributed by atoms with Gasteiger partial charge in [0.05, 0.1) is 18.8 Å². The maximum absolute atomic E-state index is 5.80. The highest BCUT2D eigenvalue weighted by Gasteiger charge is 2.21. The van der Waals surface area contributed by atoms with Crippen molar-refractivity contribution in [3.8, 4) is 0 Å². The maximum Gasteiger partial charge on any atom is 0.191 e. The largest absolute Gasteiger partial charge is 0.383 e. The van der Waals surface area contributed by atoms with Crippen molar-refractivity contribution in [1.29, 1.82) is 0 Å². The number of nitrogens with one attached hydrogen (secondary N) is 2. The second-order valence-corrected chi connectivity index (χ2v) is 6.61. The zero-order valence-corrected chi connectivity index (χ0v) is 15.9. The summed E-state index contributed by atoms with van der Waals surface area (Å²) in [6.07, 6.45) is 0.620. The molecule has 2 N–H and O–H groups in total. The summed E-state index contributed by atoms with van der Waals surface area (Å²) in [7, 11) is 3.47. The van der Waals surface area contributed by atoms with E-state index >= 15 is 0 Å². The van der Waals surface area contributed by atoms with Crippen molar-refractivity contribution >= 4 is 5.96 Å². The van der Waals surface area contributed by atoms with Crippen LogP contribution in [0.5, 0.6) is 0 Å². The number of benzene rings is 1. The monoisotopic (exact) mass is 348 g/mol. The van der Waals surface area contributed by atoms with Crippen LogP contribution in [0.2, 0.25) is 0 Å². The Labute approximate surface area is 151 Å². The van der Waals surface area contributed by atoms with Gasteiger partial charge in [0.1, 0.15) is 0 Å². The molecule has 25 heavy (non-hydrogen) atoms. The van der Waals surface area contributed by atoms with Crippen LogP contribution >= 0.6 is 0 Å². The molecule has 2 unspecified atom stereocenters. The summed E-state index contributed by atoms with van der Waals surface area (Å²) in [5.41, 5.74) is 2.58. The Hall–Kier alpha value is -1.63. The number of aliphatic imine (C=N–C) groups is 1. The van der Waals surface area contributed by atoms with E-state index in [-0.39, 0.29) is 0 Å². The molecular weight excluding hydrogens is 316 g/mol. The molecule has 0 saturated carbocycles. The second kappa shape index (κ2) is 10.4. The van der Waals surface area contributed by atoms with Gasteiger partial charge in [0.25, 0.3) is 0 Å². The van der Waals surface area contributed by atoms with E-state index in [1.807, 2.05) is 0 Å². The van der Waals surface area contributed by atoms with Gasteiger partial charge >= 0.3 is 0 Å². The third-order valence-corrected chi connectivity index (χ3v) is 4.21. The van der Waals surface area contributed by atoms with Gasteiger partial charge in [-0.1, -0.05) is 24.3 Å². The molecule has 1 aromatic carbocycles. The zero-order valence-electron chi connectivity index (χ0n) is 15.9. The summed E-state index contributed by atoms with van der Waals surface area (Å²) in [6.45, 7) is 9.41. The molecular formula is C19H32N4O2. The van der Waals surface area contributed by atoms with Gasteiger partial charge in [-0.2, -0.15) is 0 Å². The van der Waals surface area contributed by atoms with E-state index in [1.54, 1.807) is 14.2 Å². The molecule has 6 nitrogen and oxygen atoms in total. The van der Waals surface area contributed by atoms with Crippen LogP contribution in [0, 0.1) is 0 Å². The Bertz CT molecular complexity index is 523. The highest BCUT2D eigenvalue weighted by Crippen LogP contribution is 2.14. The number of guanidine groups is 1. The third kappa shape index (κ3) is 7.02. The summed E-state index contributed by atoms with van der Waals surface area (Å²) in [5.74, 6) is 0.789. The van der Waals surface area contributed by atoms with Crippen LogP contribution in [0.25, 0.3) is 0 Å². The molecule has 0 radical (unpaired) electrons. The first-order valence-corrected chi connectivity index (χ1v) is 8.99. The average Bonchev–Trinajstić information content (AvgIpc) is 2.58. The molecule has 0 amide bonds. The van der Waals surface area contributed by atoms with Crippen LogP contribution in [0.1, 0.15) is 25.0 Å². The molecule has 1 aliphatic heterocycles. The van der Waals surface area contributed by atoms with Gasteiger partial charge in [-0.05, 0) is 25.0 Å². The van der Waals surface area contributed by atoms with E-state index in [4.69, 9.17) is 9.47 Å².